The highest BCUT2D eigenvalue weighted by Gasteiger charge is 2.42. The second-order valence-corrected chi connectivity index (χ2v) is 5.33. The summed E-state index contributed by atoms with van der Waals surface area (Å²) in [5.74, 6) is -0.716. The molecule has 1 N–H and O–H groups in total. The predicted molar refractivity (Wildman–Crippen MR) is 79.9 cm³/mol. The average molecular weight is 372 g/mol. The van der Waals surface area contributed by atoms with Gasteiger partial charge in [-0.3, -0.25) is 19.6 Å². The highest BCUT2D eigenvalue weighted by molar-refractivity contribution is 7.00. The Bertz CT molecular complexity index is 967. The maximum atomic E-state index is 12.8. The molecule has 0 aliphatic carbocycles. The lowest BCUT2D eigenvalue weighted by Gasteiger charge is -2.05. The van der Waals surface area contributed by atoms with E-state index in [1.807, 2.05) is 0 Å². The molecule has 1 aromatic carbocycles. The van der Waals surface area contributed by atoms with Gasteiger partial charge < -0.3 is 5.32 Å². The fourth-order valence-corrected chi connectivity index (χ4v) is 2.62. The third-order valence-electron chi connectivity index (χ3n) is 3.07. The van der Waals surface area contributed by atoms with Gasteiger partial charge in [-0.05, 0) is 12.1 Å². The van der Waals surface area contributed by atoms with Gasteiger partial charge in [-0.15, -0.1) is 0 Å². The van der Waals surface area contributed by atoms with Crippen LogP contribution in [-0.2, 0) is 17.5 Å². The van der Waals surface area contributed by atoms with E-state index >= 15 is 0 Å². The maximum Gasteiger partial charge on any atom is 0.442 e. The number of hydrogen-bond donors (Lipinski definition) is 1. The van der Waals surface area contributed by atoms with Crippen LogP contribution >= 0.6 is 11.7 Å². The number of fused-ring (bicyclic) bond motifs is 1. The first-order valence-corrected chi connectivity index (χ1v) is 7.29. The van der Waals surface area contributed by atoms with E-state index in [-0.39, 0.29) is 0 Å². The number of benzene rings is 1. The second-order valence-electron chi connectivity index (χ2n) is 4.80. The normalized spacial score (nSPS) is 11.6. The van der Waals surface area contributed by atoms with Crippen molar-refractivity contribution in [2.45, 2.75) is 12.7 Å². The number of hydrogen-bond acceptors (Lipinski definition) is 7. The van der Waals surface area contributed by atoms with E-state index in [9.17, 15) is 28.1 Å². The summed E-state index contributed by atoms with van der Waals surface area (Å²) in [6.45, 7) is -0.634. The van der Waals surface area contributed by atoms with E-state index in [4.69, 9.17) is 0 Å². The van der Waals surface area contributed by atoms with Crippen molar-refractivity contribution in [3.63, 3.8) is 0 Å². The summed E-state index contributed by atoms with van der Waals surface area (Å²) in [4.78, 5) is 21.5. The summed E-state index contributed by atoms with van der Waals surface area (Å²) in [7, 11) is 0. The van der Waals surface area contributed by atoms with E-state index in [0.717, 1.165) is 11.7 Å². The minimum atomic E-state index is -5.00. The Hall–Kier alpha value is -3.09. The number of carbonyl (C=O) groups is 1. The zero-order valence-corrected chi connectivity index (χ0v) is 12.8. The lowest BCUT2D eigenvalue weighted by molar-refractivity contribution is -0.388. The maximum absolute atomic E-state index is 12.8. The van der Waals surface area contributed by atoms with Crippen LogP contribution in [0.4, 0.5) is 24.5 Å². The largest absolute Gasteiger partial charge is 0.442 e. The third-order valence-corrected chi connectivity index (χ3v) is 3.62. The van der Waals surface area contributed by atoms with Gasteiger partial charge in [0, 0.05) is 0 Å². The first kappa shape index (κ1) is 16.8. The monoisotopic (exact) mass is 372 g/mol. The Labute approximate surface area is 140 Å². The molecule has 0 saturated heterocycles. The average Bonchev–Trinajstić information content (AvgIpc) is 3.13. The fourth-order valence-electron chi connectivity index (χ4n) is 2.07. The van der Waals surface area contributed by atoms with E-state index in [0.29, 0.717) is 27.6 Å². The van der Waals surface area contributed by atoms with Crippen LogP contribution in [0.15, 0.2) is 24.4 Å². The molecule has 0 unspecified atom stereocenters. The number of carbonyl (C=O) groups excluding carboxylic acids is 1. The van der Waals surface area contributed by atoms with Crippen molar-refractivity contribution >= 4 is 40.0 Å². The SMILES string of the molecule is O=C(Cn1cc([N+](=O)[O-])c(C(F)(F)F)n1)Nc1cccc2nsnc12. The van der Waals surface area contributed by atoms with Crippen molar-refractivity contribution in [1.29, 1.82) is 0 Å². The van der Waals surface area contributed by atoms with Crippen LogP contribution in [0, 0.1) is 10.1 Å². The summed E-state index contributed by atoms with van der Waals surface area (Å²) in [6, 6.07) is 4.86. The molecule has 0 atom stereocenters. The molecule has 13 heteroatoms. The van der Waals surface area contributed by atoms with Gasteiger partial charge in [-0.25, -0.2) is 0 Å². The summed E-state index contributed by atoms with van der Waals surface area (Å²) in [5.41, 5.74) is -1.56. The van der Waals surface area contributed by atoms with E-state index in [1.54, 1.807) is 18.2 Å². The summed E-state index contributed by atoms with van der Waals surface area (Å²) in [5, 5.41) is 16.3. The lowest BCUT2D eigenvalue weighted by atomic mass is 10.2. The highest BCUT2D eigenvalue weighted by atomic mass is 32.1. The molecule has 0 aliphatic rings. The number of anilines is 1. The van der Waals surface area contributed by atoms with Crippen LogP contribution in [0.5, 0.6) is 0 Å². The number of nitrogens with one attached hydrogen (secondary N) is 1. The third kappa shape index (κ3) is 3.40. The van der Waals surface area contributed by atoms with Gasteiger partial charge >= 0.3 is 11.9 Å². The molecular formula is C12H7F3N6O3S. The van der Waals surface area contributed by atoms with Crippen LogP contribution < -0.4 is 5.32 Å². The van der Waals surface area contributed by atoms with Crippen LogP contribution in [0.3, 0.4) is 0 Å². The standard InChI is InChI=1S/C12H7F3N6O3S/c13-12(14,15)11-8(21(23)24)4-20(17-11)5-9(22)16-6-2-1-3-7-10(6)19-25-18-7/h1-4H,5H2,(H,16,22). The molecule has 3 aromatic rings. The number of nitrogens with zero attached hydrogens (tertiary/aromatic N) is 5. The molecule has 0 aliphatic heterocycles. The molecule has 2 heterocycles. The molecule has 0 fully saturated rings. The molecule has 9 nitrogen and oxygen atoms in total. The smallest absolute Gasteiger partial charge is 0.322 e. The van der Waals surface area contributed by atoms with Gasteiger partial charge in [-0.1, -0.05) is 6.07 Å². The van der Waals surface area contributed by atoms with Crippen molar-refractivity contribution < 1.29 is 22.9 Å². The number of halogens is 3. The number of rotatable bonds is 4. The molecule has 25 heavy (non-hydrogen) atoms. The topological polar surface area (TPSA) is 116 Å². The minimum Gasteiger partial charge on any atom is -0.322 e. The molecule has 130 valence electrons. The number of amides is 1. The van der Waals surface area contributed by atoms with Crippen molar-refractivity contribution in [3.8, 4) is 0 Å². The van der Waals surface area contributed by atoms with Gasteiger partial charge in [0.05, 0.1) is 22.3 Å². The van der Waals surface area contributed by atoms with Crippen molar-refractivity contribution in [1.82, 2.24) is 18.5 Å². The molecular weight excluding hydrogens is 365 g/mol. The van der Waals surface area contributed by atoms with Gasteiger partial charge in [0.15, 0.2) is 0 Å². The number of alkyl halides is 3. The number of aromatic nitrogens is 4. The van der Waals surface area contributed by atoms with Crippen molar-refractivity contribution in [3.05, 3.63) is 40.2 Å². The van der Waals surface area contributed by atoms with E-state index in [1.165, 1.54) is 0 Å². The van der Waals surface area contributed by atoms with Crippen LogP contribution in [0.25, 0.3) is 11.0 Å². The van der Waals surface area contributed by atoms with Gasteiger partial charge in [0.25, 0.3) is 0 Å². The molecule has 0 radical (unpaired) electrons. The van der Waals surface area contributed by atoms with Crippen LogP contribution in [0.2, 0.25) is 0 Å². The summed E-state index contributed by atoms with van der Waals surface area (Å²) in [6.07, 6.45) is -4.44. The number of nitro groups is 1. The van der Waals surface area contributed by atoms with E-state index in [2.05, 4.69) is 19.2 Å². The zero-order valence-electron chi connectivity index (χ0n) is 12.0. The van der Waals surface area contributed by atoms with E-state index < -0.39 is 34.9 Å². The Morgan fingerprint density at radius 2 is 2.12 bits per heavy atom. The predicted octanol–water partition coefficient (Wildman–Crippen LogP) is 2.45. The first-order valence-electron chi connectivity index (χ1n) is 6.56. The molecule has 0 saturated carbocycles. The Morgan fingerprint density at radius 3 is 2.76 bits per heavy atom. The van der Waals surface area contributed by atoms with Gasteiger partial charge in [-0.2, -0.15) is 27.0 Å². The minimum absolute atomic E-state index is 0.328. The molecule has 1 amide bonds. The van der Waals surface area contributed by atoms with Crippen molar-refractivity contribution in [2.75, 3.05) is 5.32 Å². The van der Waals surface area contributed by atoms with Crippen molar-refractivity contribution in [2.24, 2.45) is 0 Å². The molecule has 2 aromatic heterocycles. The summed E-state index contributed by atoms with van der Waals surface area (Å²) >= 11 is 0.941. The molecule has 0 spiro atoms. The lowest BCUT2D eigenvalue weighted by Crippen LogP contribution is -2.20. The zero-order chi connectivity index (χ0) is 18.2. The Kier molecular flexibility index (Phi) is 4.08. The fraction of sp³-hybridized carbons (Fsp3) is 0.167. The molecule has 3 rings (SSSR count). The van der Waals surface area contributed by atoms with Gasteiger partial charge in [0.2, 0.25) is 11.6 Å². The quantitative estimate of drug-likeness (QED) is 0.555. The Balaban J connectivity index is 1.82. The van der Waals surface area contributed by atoms with Crippen LogP contribution in [0.1, 0.15) is 5.69 Å². The highest BCUT2D eigenvalue weighted by Crippen LogP contribution is 2.34. The summed E-state index contributed by atoms with van der Waals surface area (Å²) < 4.78 is 46.8. The molecule has 0 bridgehead atoms. The Morgan fingerprint density at radius 1 is 1.36 bits per heavy atom. The van der Waals surface area contributed by atoms with Crippen LogP contribution in [-0.4, -0.2) is 29.4 Å². The van der Waals surface area contributed by atoms with Gasteiger partial charge in [0.1, 0.15) is 23.8 Å². The second kappa shape index (κ2) is 6.08. The first-order chi connectivity index (χ1) is 11.8.